The number of nitrogens with one attached hydrogen (secondary N) is 1. The minimum atomic E-state index is -3.74. The maximum atomic E-state index is 13.5. The lowest BCUT2D eigenvalue weighted by molar-refractivity contribution is 0.0730. The molecule has 0 aliphatic carbocycles. The second kappa shape index (κ2) is 5.86. The number of hydrogen-bond donors (Lipinski definition) is 1. The maximum Gasteiger partial charge on any atom is 0.254 e. The number of carbonyl (C=O) groups excluding carboxylic acids is 1. The van der Waals surface area contributed by atoms with Crippen molar-refractivity contribution in [3.63, 3.8) is 0 Å². The monoisotopic (exact) mass is 302 g/mol. The van der Waals surface area contributed by atoms with E-state index in [-0.39, 0.29) is 23.5 Å². The van der Waals surface area contributed by atoms with Gasteiger partial charge >= 0.3 is 0 Å². The van der Waals surface area contributed by atoms with Crippen molar-refractivity contribution < 1.29 is 22.3 Å². The number of ether oxygens (including phenoxy) is 1. The molecule has 1 aromatic rings. The molecular formula is C12H15FN2O4S. The molecule has 0 saturated carbocycles. The molecule has 110 valence electrons. The number of morpholine rings is 1. The van der Waals surface area contributed by atoms with Crippen LogP contribution in [0.5, 0.6) is 0 Å². The SMILES string of the molecule is CNC(=O)c1cc(S(=O)(=O)N2CCOCC2)ccc1F. The predicted molar refractivity (Wildman–Crippen MR) is 69.4 cm³/mol. The first-order valence-corrected chi connectivity index (χ1v) is 7.50. The van der Waals surface area contributed by atoms with Gasteiger partial charge in [0.2, 0.25) is 10.0 Å². The van der Waals surface area contributed by atoms with Crippen molar-refractivity contribution >= 4 is 15.9 Å². The van der Waals surface area contributed by atoms with E-state index in [4.69, 9.17) is 4.74 Å². The molecule has 0 unspecified atom stereocenters. The number of rotatable bonds is 3. The van der Waals surface area contributed by atoms with Crippen LogP contribution in [-0.4, -0.2) is 52.0 Å². The maximum absolute atomic E-state index is 13.5. The number of nitrogens with zero attached hydrogens (tertiary/aromatic N) is 1. The number of halogens is 1. The van der Waals surface area contributed by atoms with E-state index in [1.165, 1.54) is 11.4 Å². The van der Waals surface area contributed by atoms with Gasteiger partial charge in [0, 0.05) is 20.1 Å². The summed E-state index contributed by atoms with van der Waals surface area (Å²) in [6.45, 7) is 1.13. The zero-order valence-corrected chi connectivity index (χ0v) is 11.7. The third-order valence-corrected chi connectivity index (χ3v) is 4.91. The quantitative estimate of drug-likeness (QED) is 0.866. The van der Waals surface area contributed by atoms with Crippen molar-refractivity contribution in [2.24, 2.45) is 0 Å². The Balaban J connectivity index is 2.39. The average Bonchev–Trinajstić information content (AvgIpc) is 2.47. The van der Waals surface area contributed by atoms with Crippen molar-refractivity contribution in [2.45, 2.75) is 4.90 Å². The highest BCUT2D eigenvalue weighted by Gasteiger charge is 2.27. The van der Waals surface area contributed by atoms with Gasteiger partial charge in [-0.25, -0.2) is 12.8 Å². The first-order chi connectivity index (χ1) is 9.46. The second-order valence-electron chi connectivity index (χ2n) is 4.24. The summed E-state index contributed by atoms with van der Waals surface area (Å²) in [4.78, 5) is 11.4. The van der Waals surface area contributed by atoms with E-state index in [1.54, 1.807) is 0 Å². The highest BCUT2D eigenvalue weighted by atomic mass is 32.2. The molecular weight excluding hydrogens is 287 g/mol. The summed E-state index contributed by atoms with van der Waals surface area (Å²) in [5, 5.41) is 2.27. The van der Waals surface area contributed by atoms with Gasteiger partial charge in [0.05, 0.1) is 23.7 Å². The Morgan fingerprint density at radius 3 is 2.60 bits per heavy atom. The molecule has 1 amide bonds. The number of amides is 1. The van der Waals surface area contributed by atoms with Gasteiger partial charge in [-0.15, -0.1) is 0 Å². The summed E-state index contributed by atoms with van der Waals surface area (Å²) in [7, 11) is -2.38. The standard InChI is InChI=1S/C12H15FN2O4S/c1-14-12(16)10-8-9(2-3-11(10)13)20(17,18)15-4-6-19-7-5-15/h2-3,8H,4-7H2,1H3,(H,14,16). The molecule has 2 rings (SSSR count). The van der Waals surface area contributed by atoms with Gasteiger partial charge in [-0.3, -0.25) is 4.79 Å². The number of carbonyl (C=O) groups is 1. The number of benzene rings is 1. The van der Waals surface area contributed by atoms with Crippen LogP contribution >= 0.6 is 0 Å². The third kappa shape index (κ3) is 2.82. The number of hydrogen-bond acceptors (Lipinski definition) is 4. The van der Waals surface area contributed by atoms with Gasteiger partial charge in [-0.05, 0) is 18.2 Å². The van der Waals surface area contributed by atoms with Crippen LogP contribution in [0.15, 0.2) is 23.1 Å². The summed E-state index contributed by atoms with van der Waals surface area (Å²) in [6, 6.07) is 3.20. The molecule has 1 aromatic carbocycles. The third-order valence-electron chi connectivity index (χ3n) is 3.02. The van der Waals surface area contributed by atoms with Crippen molar-refractivity contribution in [1.82, 2.24) is 9.62 Å². The second-order valence-corrected chi connectivity index (χ2v) is 6.18. The molecule has 1 fully saturated rings. The molecule has 0 radical (unpaired) electrons. The van der Waals surface area contributed by atoms with Gasteiger partial charge in [0.15, 0.2) is 0 Å². The Morgan fingerprint density at radius 2 is 2.00 bits per heavy atom. The van der Waals surface area contributed by atoms with E-state index in [1.807, 2.05) is 0 Å². The van der Waals surface area contributed by atoms with Gasteiger partial charge in [-0.2, -0.15) is 4.31 Å². The summed E-state index contributed by atoms with van der Waals surface area (Å²) in [5.74, 6) is -1.42. The Kier molecular flexibility index (Phi) is 4.36. The van der Waals surface area contributed by atoms with Crippen molar-refractivity contribution in [1.29, 1.82) is 0 Å². The molecule has 6 nitrogen and oxygen atoms in total. The van der Waals surface area contributed by atoms with Crippen LogP contribution < -0.4 is 5.32 Å². The molecule has 8 heteroatoms. The van der Waals surface area contributed by atoms with Crippen LogP contribution in [0.1, 0.15) is 10.4 Å². The van der Waals surface area contributed by atoms with Crippen LogP contribution in [0.25, 0.3) is 0 Å². The molecule has 1 saturated heterocycles. The topological polar surface area (TPSA) is 75.7 Å². The van der Waals surface area contributed by atoms with Crippen LogP contribution in [0.3, 0.4) is 0 Å². The fourth-order valence-corrected chi connectivity index (χ4v) is 3.34. The molecule has 0 spiro atoms. The fraction of sp³-hybridized carbons (Fsp3) is 0.417. The van der Waals surface area contributed by atoms with E-state index >= 15 is 0 Å². The molecule has 1 N–H and O–H groups in total. The van der Waals surface area contributed by atoms with Gasteiger partial charge in [0.1, 0.15) is 5.82 Å². The van der Waals surface area contributed by atoms with Crippen molar-refractivity contribution in [3.05, 3.63) is 29.6 Å². The average molecular weight is 302 g/mol. The van der Waals surface area contributed by atoms with E-state index in [0.29, 0.717) is 13.2 Å². The summed E-state index contributed by atoms with van der Waals surface area (Å²) < 4.78 is 44.7. The van der Waals surface area contributed by atoms with E-state index in [2.05, 4.69) is 5.32 Å². The lowest BCUT2D eigenvalue weighted by Gasteiger charge is -2.26. The van der Waals surface area contributed by atoms with Gasteiger partial charge in [-0.1, -0.05) is 0 Å². The van der Waals surface area contributed by atoms with Gasteiger partial charge < -0.3 is 10.1 Å². The predicted octanol–water partition coefficient (Wildman–Crippen LogP) is 0.206. The minimum absolute atomic E-state index is 0.0978. The lowest BCUT2D eigenvalue weighted by Crippen LogP contribution is -2.40. The molecule has 1 heterocycles. The fourth-order valence-electron chi connectivity index (χ4n) is 1.91. The normalized spacial score (nSPS) is 16.9. The van der Waals surface area contributed by atoms with Crippen LogP contribution in [0.2, 0.25) is 0 Å². The van der Waals surface area contributed by atoms with Gasteiger partial charge in [0.25, 0.3) is 5.91 Å². The Morgan fingerprint density at radius 1 is 1.35 bits per heavy atom. The molecule has 20 heavy (non-hydrogen) atoms. The Bertz CT molecular complexity index is 612. The highest BCUT2D eigenvalue weighted by Crippen LogP contribution is 2.20. The van der Waals surface area contributed by atoms with Crippen molar-refractivity contribution in [2.75, 3.05) is 33.4 Å². The summed E-state index contributed by atoms with van der Waals surface area (Å²) >= 11 is 0. The first-order valence-electron chi connectivity index (χ1n) is 6.06. The van der Waals surface area contributed by atoms with Crippen LogP contribution in [0.4, 0.5) is 4.39 Å². The van der Waals surface area contributed by atoms with Crippen LogP contribution in [0, 0.1) is 5.82 Å². The molecule has 0 atom stereocenters. The minimum Gasteiger partial charge on any atom is -0.379 e. The van der Waals surface area contributed by atoms with Crippen molar-refractivity contribution in [3.8, 4) is 0 Å². The van der Waals surface area contributed by atoms with E-state index in [9.17, 15) is 17.6 Å². The van der Waals surface area contributed by atoms with Crippen LogP contribution in [-0.2, 0) is 14.8 Å². The zero-order chi connectivity index (χ0) is 14.8. The van der Waals surface area contributed by atoms with E-state index in [0.717, 1.165) is 18.2 Å². The summed E-state index contributed by atoms with van der Waals surface area (Å²) in [5.41, 5.74) is -0.290. The largest absolute Gasteiger partial charge is 0.379 e. The Hall–Kier alpha value is -1.51. The zero-order valence-electron chi connectivity index (χ0n) is 10.9. The molecule has 1 aliphatic heterocycles. The molecule has 0 bridgehead atoms. The lowest BCUT2D eigenvalue weighted by atomic mass is 10.2. The molecule has 0 aromatic heterocycles. The summed E-state index contributed by atoms with van der Waals surface area (Å²) in [6.07, 6.45) is 0. The highest BCUT2D eigenvalue weighted by molar-refractivity contribution is 7.89. The first kappa shape index (κ1) is 14.9. The van der Waals surface area contributed by atoms with E-state index < -0.39 is 21.7 Å². The number of sulfonamides is 1. The molecule has 1 aliphatic rings. The Labute approximate surface area is 116 Å². The smallest absolute Gasteiger partial charge is 0.254 e.